The third kappa shape index (κ3) is 14.7. The number of carbonyl (C=O) groups excluding carboxylic acids is 2. The van der Waals surface area contributed by atoms with E-state index >= 15 is 0 Å². The molecule has 10 nitrogen and oxygen atoms in total. The predicted octanol–water partition coefficient (Wildman–Crippen LogP) is 1.73. The molecule has 1 rings (SSSR count). The first kappa shape index (κ1) is 30.7. The maximum atomic E-state index is 11.9. The fourth-order valence-electron chi connectivity index (χ4n) is 2.98. The summed E-state index contributed by atoms with van der Waals surface area (Å²) in [7, 11) is 1.60. The molecule has 1 heterocycles. The number of nitrogens with zero attached hydrogens (tertiary/aromatic N) is 2. The summed E-state index contributed by atoms with van der Waals surface area (Å²) in [6.07, 6.45) is 2.32. The zero-order valence-corrected chi connectivity index (χ0v) is 22.5. The van der Waals surface area contributed by atoms with Gasteiger partial charge < -0.3 is 35.1 Å². The molecule has 0 aromatic rings. The molecule has 1 aliphatic heterocycles. The summed E-state index contributed by atoms with van der Waals surface area (Å²) in [4.78, 5) is 30.1. The molecule has 32 heavy (non-hydrogen) atoms. The van der Waals surface area contributed by atoms with Crippen molar-refractivity contribution in [3.8, 4) is 0 Å². The lowest BCUT2D eigenvalue weighted by atomic mass is 10.1. The molecule has 2 amide bonds. The lowest BCUT2D eigenvalue weighted by Crippen LogP contribution is -2.47. The van der Waals surface area contributed by atoms with Crippen molar-refractivity contribution in [2.45, 2.75) is 58.7 Å². The van der Waals surface area contributed by atoms with Crippen molar-refractivity contribution < 1.29 is 23.8 Å². The molecule has 11 heteroatoms. The highest BCUT2D eigenvalue weighted by Gasteiger charge is 2.22. The van der Waals surface area contributed by atoms with Gasteiger partial charge in [-0.05, 0) is 47.0 Å². The largest absolute Gasteiger partial charge is 0.444 e. The predicted molar refractivity (Wildman–Crippen MR) is 136 cm³/mol. The second-order valence-electron chi connectivity index (χ2n) is 8.35. The molecule has 0 aliphatic carbocycles. The van der Waals surface area contributed by atoms with Crippen LogP contribution in [0.2, 0.25) is 0 Å². The molecule has 0 radical (unpaired) electrons. The quantitative estimate of drug-likeness (QED) is 0.150. The summed E-state index contributed by atoms with van der Waals surface area (Å²) >= 11 is 0. The zero-order chi connectivity index (χ0) is 23.1. The van der Waals surface area contributed by atoms with Crippen LogP contribution in [0.3, 0.4) is 0 Å². The number of piperidine rings is 1. The molecule has 1 fully saturated rings. The number of carbonyl (C=O) groups is 2. The molecule has 1 aliphatic rings. The minimum atomic E-state index is -0.489. The molecular weight excluding hydrogens is 529 g/mol. The standard InChI is InChI=1S/C21H41N5O5.HI/c1-6-22-19(25-16-18(27)23-11-15-29-5)26-12-8-17(9-13-26)30-14-7-10-24-20(28)31-21(2,3)4;/h17H,6-16H2,1-5H3,(H,22,25)(H,23,27)(H,24,28);1H. The molecular formula is C21H42IN5O5. The SMILES string of the molecule is CCNC(=NCC(=O)NCCOC)N1CCC(OCCCNC(=O)OC(C)(C)C)CC1.I. The summed E-state index contributed by atoms with van der Waals surface area (Å²) in [5.74, 6) is 0.634. The maximum Gasteiger partial charge on any atom is 0.407 e. The summed E-state index contributed by atoms with van der Waals surface area (Å²) in [6, 6.07) is 0. The molecule has 3 N–H and O–H groups in total. The number of aliphatic imine (C=N–C) groups is 1. The van der Waals surface area contributed by atoms with Crippen molar-refractivity contribution in [3.63, 3.8) is 0 Å². The first-order valence-corrected chi connectivity index (χ1v) is 11.1. The van der Waals surface area contributed by atoms with Gasteiger partial charge in [0, 0.05) is 46.4 Å². The number of hydrogen-bond acceptors (Lipinski definition) is 6. The number of hydrogen-bond donors (Lipinski definition) is 3. The smallest absolute Gasteiger partial charge is 0.407 e. The number of alkyl carbamates (subject to hydrolysis) is 1. The van der Waals surface area contributed by atoms with E-state index in [1.807, 2.05) is 27.7 Å². The maximum absolute atomic E-state index is 11.9. The van der Waals surface area contributed by atoms with E-state index in [2.05, 4.69) is 25.8 Å². The summed E-state index contributed by atoms with van der Waals surface area (Å²) in [6.45, 7) is 12.1. The van der Waals surface area contributed by atoms with Gasteiger partial charge >= 0.3 is 6.09 Å². The van der Waals surface area contributed by atoms with Crippen LogP contribution in [0.1, 0.15) is 47.0 Å². The molecule has 0 saturated carbocycles. The highest BCUT2D eigenvalue weighted by Crippen LogP contribution is 2.14. The van der Waals surface area contributed by atoms with Gasteiger partial charge in [0.25, 0.3) is 0 Å². The summed E-state index contributed by atoms with van der Waals surface area (Å²) in [5.41, 5.74) is -0.489. The van der Waals surface area contributed by atoms with Gasteiger partial charge in [0.1, 0.15) is 12.1 Å². The number of nitrogens with one attached hydrogen (secondary N) is 3. The Morgan fingerprint density at radius 1 is 1.06 bits per heavy atom. The van der Waals surface area contributed by atoms with E-state index < -0.39 is 11.7 Å². The first-order valence-electron chi connectivity index (χ1n) is 11.1. The van der Waals surface area contributed by atoms with E-state index in [-0.39, 0.29) is 42.5 Å². The van der Waals surface area contributed by atoms with Crippen molar-refractivity contribution in [2.24, 2.45) is 4.99 Å². The number of methoxy groups -OCH3 is 1. The van der Waals surface area contributed by atoms with Crippen molar-refractivity contribution in [1.82, 2.24) is 20.9 Å². The van der Waals surface area contributed by atoms with E-state index in [1.54, 1.807) is 7.11 Å². The minimum absolute atomic E-state index is 0. The van der Waals surface area contributed by atoms with Crippen LogP contribution in [-0.4, -0.2) is 94.2 Å². The third-order valence-corrected chi connectivity index (χ3v) is 4.42. The van der Waals surface area contributed by atoms with Crippen molar-refractivity contribution in [3.05, 3.63) is 0 Å². The molecule has 0 atom stereocenters. The van der Waals surface area contributed by atoms with Gasteiger partial charge in [-0.25, -0.2) is 9.79 Å². The third-order valence-electron chi connectivity index (χ3n) is 4.42. The van der Waals surface area contributed by atoms with E-state index in [1.165, 1.54) is 0 Å². The van der Waals surface area contributed by atoms with Crippen LogP contribution >= 0.6 is 24.0 Å². The van der Waals surface area contributed by atoms with Gasteiger partial charge in [-0.3, -0.25) is 4.79 Å². The molecule has 188 valence electrons. The van der Waals surface area contributed by atoms with E-state index in [4.69, 9.17) is 14.2 Å². The molecule has 0 unspecified atom stereocenters. The first-order chi connectivity index (χ1) is 14.7. The Kier molecular flexibility index (Phi) is 16.5. The Labute approximate surface area is 209 Å². The highest BCUT2D eigenvalue weighted by molar-refractivity contribution is 14.0. The van der Waals surface area contributed by atoms with E-state index in [0.717, 1.165) is 44.9 Å². The van der Waals surface area contributed by atoms with Crippen LogP contribution in [0.25, 0.3) is 0 Å². The van der Waals surface area contributed by atoms with Crippen molar-refractivity contribution >= 4 is 41.9 Å². The number of amides is 2. The number of guanidine groups is 1. The van der Waals surface area contributed by atoms with Gasteiger partial charge in [-0.2, -0.15) is 0 Å². The average molecular weight is 572 g/mol. The fraction of sp³-hybridized carbons (Fsp3) is 0.857. The monoisotopic (exact) mass is 571 g/mol. The second kappa shape index (κ2) is 17.2. The van der Waals surface area contributed by atoms with E-state index in [9.17, 15) is 9.59 Å². The van der Waals surface area contributed by atoms with Gasteiger partial charge in [0.05, 0.1) is 12.7 Å². The normalized spacial score (nSPS) is 15.0. The van der Waals surface area contributed by atoms with Gasteiger partial charge in [0.2, 0.25) is 5.91 Å². The second-order valence-corrected chi connectivity index (χ2v) is 8.35. The minimum Gasteiger partial charge on any atom is -0.444 e. The Morgan fingerprint density at radius 2 is 1.75 bits per heavy atom. The van der Waals surface area contributed by atoms with Crippen molar-refractivity contribution in [2.75, 3.05) is 59.6 Å². The Hall–Kier alpha value is -1.34. The zero-order valence-electron chi connectivity index (χ0n) is 20.2. The summed E-state index contributed by atoms with van der Waals surface area (Å²) < 4.78 is 16.1. The molecule has 0 spiro atoms. The lowest BCUT2D eigenvalue weighted by molar-refractivity contribution is -0.119. The number of rotatable bonds is 11. The Morgan fingerprint density at radius 3 is 2.34 bits per heavy atom. The molecule has 1 saturated heterocycles. The van der Waals surface area contributed by atoms with Crippen LogP contribution in [0.4, 0.5) is 4.79 Å². The number of likely N-dealkylation sites (tertiary alicyclic amines) is 1. The van der Waals surface area contributed by atoms with Crippen LogP contribution < -0.4 is 16.0 Å². The fourth-order valence-corrected chi connectivity index (χ4v) is 2.98. The average Bonchev–Trinajstić information content (AvgIpc) is 2.70. The van der Waals surface area contributed by atoms with Crippen LogP contribution in [-0.2, 0) is 19.0 Å². The number of halogens is 1. The lowest BCUT2D eigenvalue weighted by Gasteiger charge is -2.34. The Bertz CT molecular complexity index is 563. The number of ether oxygens (including phenoxy) is 3. The van der Waals surface area contributed by atoms with Gasteiger partial charge in [-0.1, -0.05) is 0 Å². The topological polar surface area (TPSA) is 114 Å². The van der Waals surface area contributed by atoms with Crippen LogP contribution in [0.5, 0.6) is 0 Å². The molecule has 0 aromatic carbocycles. The van der Waals surface area contributed by atoms with E-state index in [0.29, 0.717) is 26.3 Å². The molecule has 0 bridgehead atoms. The van der Waals surface area contributed by atoms with Gasteiger partial charge in [0.15, 0.2) is 5.96 Å². The van der Waals surface area contributed by atoms with Crippen LogP contribution in [0.15, 0.2) is 4.99 Å². The van der Waals surface area contributed by atoms with Crippen LogP contribution in [0, 0.1) is 0 Å². The summed E-state index contributed by atoms with van der Waals surface area (Å²) in [5, 5.41) is 8.76. The Balaban J connectivity index is 0.00000961. The van der Waals surface area contributed by atoms with Gasteiger partial charge in [-0.15, -0.1) is 24.0 Å². The highest BCUT2D eigenvalue weighted by atomic mass is 127. The van der Waals surface area contributed by atoms with Crippen molar-refractivity contribution in [1.29, 1.82) is 0 Å². The molecule has 0 aromatic heterocycles.